The molecule has 0 aromatic heterocycles. The fraction of sp³-hybridized carbons (Fsp3) is 0.297. The highest BCUT2D eigenvalue weighted by Gasteiger charge is 2.32. The molecule has 0 bridgehead atoms. The molecule has 0 spiro atoms. The van der Waals surface area contributed by atoms with Crippen molar-refractivity contribution in [3.63, 3.8) is 0 Å². The molecule has 0 aliphatic carbocycles. The van der Waals surface area contributed by atoms with E-state index in [-0.39, 0.29) is 30.4 Å². The molecule has 0 unspecified atom stereocenters. The Bertz CT molecular complexity index is 1840. The topological polar surface area (TPSA) is 124 Å². The number of benzene rings is 4. The van der Waals surface area contributed by atoms with Crippen LogP contribution in [0.5, 0.6) is 17.2 Å². The maximum absolute atomic E-state index is 14.0. The summed E-state index contributed by atoms with van der Waals surface area (Å²) in [6, 6.07) is 26.6. The third kappa shape index (κ3) is 9.33. The van der Waals surface area contributed by atoms with Crippen LogP contribution >= 0.6 is 11.6 Å². The van der Waals surface area contributed by atoms with E-state index in [0.29, 0.717) is 54.0 Å². The number of ether oxygens (including phenoxy) is 4. The highest BCUT2D eigenvalue weighted by Crippen LogP contribution is 2.28. The van der Waals surface area contributed by atoms with E-state index in [1.807, 2.05) is 36.4 Å². The zero-order valence-electron chi connectivity index (χ0n) is 27.9. The molecule has 1 aliphatic heterocycles. The van der Waals surface area contributed by atoms with Crippen molar-refractivity contribution in [2.45, 2.75) is 23.9 Å². The van der Waals surface area contributed by atoms with Crippen molar-refractivity contribution in [1.82, 2.24) is 14.5 Å². The van der Waals surface area contributed by atoms with E-state index in [1.165, 1.54) is 33.5 Å². The van der Waals surface area contributed by atoms with Gasteiger partial charge in [0.05, 0.1) is 32.3 Å². The molecule has 5 rings (SSSR count). The number of morpholine rings is 1. The average molecular weight is 722 g/mol. The van der Waals surface area contributed by atoms with Crippen LogP contribution in [0, 0.1) is 0 Å². The third-order valence-corrected chi connectivity index (χ3v) is 10.4. The SMILES string of the molecule is COc1ccc(CCNC(=O)[C@@H](c2ccccc2)N(Cc2ccc(Cl)cc2)C(=O)COc2ccc(S(=O)(=O)N3CCOCC3)cc2)cc1OC. The number of nitrogens with one attached hydrogen (secondary N) is 1. The van der Waals surface area contributed by atoms with Crippen LogP contribution in [0.1, 0.15) is 22.7 Å². The van der Waals surface area contributed by atoms with Crippen molar-refractivity contribution in [2.24, 2.45) is 0 Å². The molecule has 1 aliphatic rings. The van der Waals surface area contributed by atoms with E-state index in [2.05, 4.69) is 5.32 Å². The molecule has 1 atom stereocenters. The Kier molecular flexibility index (Phi) is 12.7. The van der Waals surface area contributed by atoms with Crippen LogP contribution in [0.25, 0.3) is 0 Å². The van der Waals surface area contributed by atoms with Gasteiger partial charge in [0.2, 0.25) is 15.9 Å². The van der Waals surface area contributed by atoms with Gasteiger partial charge in [-0.25, -0.2) is 8.42 Å². The smallest absolute Gasteiger partial charge is 0.261 e. The number of methoxy groups -OCH3 is 2. The lowest BCUT2D eigenvalue weighted by Crippen LogP contribution is -2.45. The number of hydrogen-bond donors (Lipinski definition) is 1. The lowest BCUT2D eigenvalue weighted by molar-refractivity contribution is -0.143. The molecule has 4 aromatic rings. The van der Waals surface area contributed by atoms with Crippen molar-refractivity contribution in [1.29, 1.82) is 0 Å². The first kappa shape index (κ1) is 36.7. The number of carbonyl (C=O) groups excluding carboxylic acids is 2. The molecular formula is C37H40ClN3O8S. The maximum Gasteiger partial charge on any atom is 0.261 e. The molecule has 13 heteroatoms. The lowest BCUT2D eigenvalue weighted by atomic mass is 10.0. The van der Waals surface area contributed by atoms with Crippen LogP contribution in [-0.4, -0.2) is 83.1 Å². The van der Waals surface area contributed by atoms with E-state index in [0.717, 1.165) is 11.1 Å². The summed E-state index contributed by atoms with van der Waals surface area (Å²) in [6.07, 6.45) is 0.513. The Labute approximate surface area is 297 Å². The maximum atomic E-state index is 14.0. The number of sulfonamides is 1. The van der Waals surface area contributed by atoms with Crippen LogP contribution in [0.15, 0.2) is 102 Å². The zero-order chi connectivity index (χ0) is 35.5. The van der Waals surface area contributed by atoms with Crippen LogP contribution in [0.2, 0.25) is 5.02 Å². The number of carbonyl (C=O) groups is 2. The third-order valence-electron chi connectivity index (χ3n) is 8.22. The minimum absolute atomic E-state index is 0.0960. The van der Waals surface area contributed by atoms with Crippen molar-refractivity contribution >= 4 is 33.4 Å². The number of amides is 2. The summed E-state index contributed by atoms with van der Waals surface area (Å²) in [5.74, 6) is 0.690. The second kappa shape index (κ2) is 17.3. The summed E-state index contributed by atoms with van der Waals surface area (Å²) in [6.45, 7) is 1.25. The fourth-order valence-corrected chi connectivity index (χ4v) is 7.09. The van der Waals surface area contributed by atoms with Crippen LogP contribution in [0.4, 0.5) is 0 Å². The first-order valence-corrected chi connectivity index (χ1v) is 17.9. The second-order valence-corrected chi connectivity index (χ2v) is 13.8. The molecule has 1 heterocycles. The quantitative estimate of drug-likeness (QED) is 0.184. The Morgan fingerprint density at radius 2 is 1.54 bits per heavy atom. The predicted molar refractivity (Wildman–Crippen MR) is 189 cm³/mol. The van der Waals surface area contributed by atoms with Gasteiger partial charge in [0.25, 0.3) is 5.91 Å². The first-order valence-electron chi connectivity index (χ1n) is 16.1. The van der Waals surface area contributed by atoms with Gasteiger partial charge in [-0.3, -0.25) is 9.59 Å². The van der Waals surface area contributed by atoms with Crippen LogP contribution < -0.4 is 19.5 Å². The Balaban J connectivity index is 1.34. The van der Waals surface area contributed by atoms with Gasteiger partial charge >= 0.3 is 0 Å². The Morgan fingerprint density at radius 3 is 2.20 bits per heavy atom. The van der Waals surface area contributed by atoms with Gasteiger partial charge in [-0.05, 0) is 71.6 Å². The number of nitrogens with zero attached hydrogens (tertiary/aromatic N) is 2. The highest BCUT2D eigenvalue weighted by atomic mass is 35.5. The second-order valence-electron chi connectivity index (χ2n) is 11.5. The molecular weight excluding hydrogens is 682 g/mol. The summed E-state index contributed by atoms with van der Waals surface area (Å²) < 4.78 is 49.4. The van der Waals surface area contributed by atoms with Crippen molar-refractivity contribution in [3.05, 3.63) is 119 Å². The van der Waals surface area contributed by atoms with Gasteiger partial charge in [-0.1, -0.05) is 60.1 Å². The molecule has 1 N–H and O–H groups in total. The molecule has 2 amide bonds. The van der Waals surface area contributed by atoms with Crippen LogP contribution in [0.3, 0.4) is 0 Å². The van der Waals surface area contributed by atoms with Crippen LogP contribution in [-0.2, 0) is 37.3 Å². The molecule has 1 saturated heterocycles. The van der Waals surface area contributed by atoms with Gasteiger partial charge in [0.15, 0.2) is 18.1 Å². The normalized spacial score (nSPS) is 14.0. The van der Waals surface area contributed by atoms with Gasteiger partial charge < -0.3 is 29.2 Å². The largest absolute Gasteiger partial charge is 0.493 e. The lowest BCUT2D eigenvalue weighted by Gasteiger charge is -2.31. The fourth-order valence-electron chi connectivity index (χ4n) is 5.55. The van der Waals surface area contributed by atoms with Gasteiger partial charge in [0.1, 0.15) is 11.8 Å². The van der Waals surface area contributed by atoms with Gasteiger partial charge in [0, 0.05) is 31.2 Å². The summed E-state index contributed by atoms with van der Waals surface area (Å²) >= 11 is 6.14. The number of rotatable bonds is 15. The summed E-state index contributed by atoms with van der Waals surface area (Å²) in [7, 11) is -0.554. The van der Waals surface area contributed by atoms with E-state index in [9.17, 15) is 18.0 Å². The van der Waals surface area contributed by atoms with E-state index in [4.69, 9.17) is 30.5 Å². The van der Waals surface area contributed by atoms with E-state index >= 15 is 0 Å². The number of hydrogen-bond acceptors (Lipinski definition) is 8. The van der Waals surface area contributed by atoms with Gasteiger partial charge in [-0.2, -0.15) is 4.31 Å². The van der Waals surface area contributed by atoms with Crippen molar-refractivity contribution in [3.8, 4) is 17.2 Å². The standard InChI is InChI=1S/C37H40ClN3O8S/c1-46-33-17-10-27(24-34(33)47-2)18-19-39-37(43)36(29-6-4-3-5-7-29)41(25-28-8-11-30(38)12-9-28)35(42)26-49-31-13-15-32(16-14-31)50(44,45)40-20-22-48-23-21-40/h3-17,24,36H,18-23,25-26H2,1-2H3,(H,39,43)/t36-/m1/s1. The summed E-state index contributed by atoms with van der Waals surface area (Å²) in [5.41, 5.74) is 2.32. The molecule has 264 valence electrons. The zero-order valence-corrected chi connectivity index (χ0v) is 29.5. The molecule has 11 nitrogen and oxygen atoms in total. The van der Waals surface area contributed by atoms with Crippen molar-refractivity contribution < 1.29 is 37.0 Å². The van der Waals surface area contributed by atoms with Gasteiger partial charge in [-0.15, -0.1) is 0 Å². The average Bonchev–Trinajstić information content (AvgIpc) is 3.15. The van der Waals surface area contributed by atoms with E-state index in [1.54, 1.807) is 50.6 Å². The van der Waals surface area contributed by atoms with Crippen molar-refractivity contribution in [2.75, 3.05) is 53.7 Å². The Morgan fingerprint density at radius 1 is 0.880 bits per heavy atom. The first-order chi connectivity index (χ1) is 24.2. The van der Waals surface area contributed by atoms with E-state index < -0.39 is 28.6 Å². The minimum atomic E-state index is -3.69. The molecule has 50 heavy (non-hydrogen) atoms. The molecule has 0 radical (unpaired) electrons. The predicted octanol–water partition coefficient (Wildman–Crippen LogP) is 4.89. The summed E-state index contributed by atoms with van der Waals surface area (Å²) in [4.78, 5) is 29.6. The Hall–Kier alpha value is -4.62. The highest BCUT2D eigenvalue weighted by molar-refractivity contribution is 7.89. The molecule has 0 saturated carbocycles. The molecule has 4 aromatic carbocycles. The summed E-state index contributed by atoms with van der Waals surface area (Å²) in [5, 5.41) is 3.55. The minimum Gasteiger partial charge on any atom is -0.493 e. The number of halogens is 1. The molecule has 1 fully saturated rings. The monoisotopic (exact) mass is 721 g/mol.